The standard InChI is InChI=1S/C12H21BrN4O/c1-4-6-14-11-10(13)12(16-8-15-11)17-9(3)7-18-5-2/h8-9H,4-7H2,1-3H3,(H2,14,15,16,17). The van der Waals surface area contributed by atoms with E-state index in [2.05, 4.69) is 50.4 Å². The van der Waals surface area contributed by atoms with Crippen molar-refractivity contribution in [2.45, 2.75) is 33.2 Å². The molecule has 0 saturated carbocycles. The molecule has 0 saturated heterocycles. The van der Waals surface area contributed by atoms with Crippen molar-refractivity contribution < 1.29 is 4.74 Å². The lowest BCUT2D eigenvalue weighted by Crippen LogP contribution is -2.23. The molecule has 1 heterocycles. The molecule has 0 fully saturated rings. The number of aromatic nitrogens is 2. The zero-order chi connectivity index (χ0) is 13.4. The normalized spacial score (nSPS) is 12.2. The van der Waals surface area contributed by atoms with Crippen LogP contribution < -0.4 is 10.6 Å². The fourth-order valence-corrected chi connectivity index (χ4v) is 1.87. The summed E-state index contributed by atoms with van der Waals surface area (Å²) in [6.07, 6.45) is 2.61. The lowest BCUT2D eigenvalue weighted by Gasteiger charge is -2.16. The zero-order valence-corrected chi connectivity index (χ0v) is 12.7. The molecule has 1 rings (SSSR count). The van der Waals surface area contributed by atoms with E-state index in [9.17, 15) is 0 Å². The molecule has 0 aliphatic carbocycles. The summed E-state index contributed by atoms with van der Waals surface area (Å²) < 4.78 is 6.23. The van der Waals surface area contributed by atoms with Crippen molar-refractivity contribution in [3.8, 4) is 0 Å². The molecule has 0 aliphatic rings. The second kappa shape index (κ2) is 8.26. The van der Waals surface area contributed by atoms with E-state index in [1.54, 1.807) is 6.33 Å². The first-order valence-corrected chi connectivity index (χ1v) is 7.06. The summed E-state index contributed by atoms with van der Waals surface area (Å²) in [6, 6.07) is 0.204. The van der Waals surface area contributed by atoms with Gasteiger partial charge in [0.2, 0.25) is 0 Å². The third kappa shape index (κ3) is 4.78. The van der Waals surface area contributed by atoms with Gasteiger partial charge in [0.15, 0.2) is 0 Å². The summed E-state index contributed by atoms with van der Waals surface area (Å²) in [7, 11) is 0. The van der Waals surface area contributed by atoms with Crippen LogP contribution in [0.4, 0.5) is 11.6 Å². The first-order valence-electron chi connectivity index (χ1n) is 6.27. The van der Waals surface area contributed by atoms with Gasteiger partial charge in [0.25, 0.3) is 0 Å². The maximum atomic E-state index is 5.37. The topological polar surface area (TPSA) is 59.1 Å². The van der Waals surface area contributed by atoms with Gasteiger partial charge in [-0.05, 0) is 36.2 Å². The van der Waals surface area contributed by atoms with E-state index < -0.39 is 0 Å². The van der Waals surface area contributed by atoms with Crippen molar-refractivity contribution >= 4 is 27.6 Å². The van der Waals surface area contributed by atoms with Crippen LogP contribution in [0.1, 0.15) is 27.2 Å². The molecule has 0 aromatic carbocycles. The van der Waals surface area contributed by atoms with Gasteiger partial charge in [-0.1, -0.05) is 6.92 Å². The van der Waals surface area contributed by atoms with E-state index in [0.717, 1.165) is 35.7 Å². The van der Waals surface area contributed by atoms with Crippen molar-refractivity contribution in [1.29, 1.82) is 0 Å². The highest BCUT2D eigenvalue weighted by Crippen LogP contribution is 2.26. The first kappa shape index (κ1) is 15.2. The number of nitrogens with zero attached hydrogens (tertiary/aromatic N) is 2. The maximum Gasteiger partial charge on any atom is 0.146 e. The molecule has 1 atom stereocenters. The van der Waals surface area contributed by atoms with E-state index in [0.29, 0.717) is 6.61 Å². The molecule has 1 unspecified atom stereocenters. The van der Waals surface area contributed by atoms with Crippen LogP contribution in [0.25, 0.3) is 0 Å². The molecule has 1 aromatic rings. The summed E-state index contributed by atoms with van der Waals surface area (Å²) >= 11 is 3.52. The number of nitrogens with one attached hydrogen (secondary N) is 2. The Morgan fingerprint density at radius 3 is 2.72 bits per heavy atom. The van der Waals surface area contributed by atoms with Gasteiger partial charge in [0.1, 0.15) is 22.4 Å². The summed E-state index contributed by atoms with van der Waals surface area (Å²) in [6.45, 7) is 8.43. The Labute approximate surface area is 117 Å². The van der Waals surface area contributed by atoms with E-state index in [4.69, 9.17) is 4.74 Å². The third-order valence-electron chi connectivity index (χ3n) is 2.29. The molecule has 0 amide bonds. The van der Waals surface area contributed by atoms with Crippen LogP contribution in [0.3, 0.4) is 0 Å². The molecule has 0 aliphatic heterocycles. The van der Waals surface area contributed by atoms with Gasteiger partial charge >= 0.3 is 0 Å². The van der Waals surface area contributed by atoms with Crippen LogP contribution in [0.15, 0.2) is 10.8 Å². The van der Waals surface area contributed by atoms with E-state index >= 15 is 0 Å². The lowest BCUT2D eigenvalue weighted by molar-refractivity contribution is 0.141. The Bertz CT molecular complexity index is 362. The van der Waals surface area contributed by atoms with Crippen molar-refractivity contribution in [2.75, 3.05) is 30.4 Å². The molecule has 18 heavy (non-hydrogen) atoms. The molecule has 0 bridgehead atoms. The minimum atomic E-state index is 0.204. The second-order valence-electron chi connectivity index (χ2n) is 4.02. The van der Waals surface area contributed by atoms with E-state index in [1.165, 1.54) is 0 Å². The van der Waals surface area contributed by atoms with Gasteiger partial charge in [-0.25, -0.2) is 9.97 Å². The smallest absolute Gasteiger partial charge is 0.146 e. The van der Waals surface area contributed by atoms with Crippen molar-refractivity contribution in [3.05, 3.63) is 10.8 Å². The Balaban J connectivity index is 2.64. The highest BCUT2D eigenvalue weighted by molar-refractivity contribution is 9.10. The van der Waals surface area contributed by atoms with Gasteiger partial charge in [0, 0.05) is 19.2 Å². The number of rotatable bonds is 8. The van der Waals surface area contributed by atoms with Crippen LogP contribution in [0, 0.1) is 0 Å². The molecule has 0 spiro atoms. The predicted molar refractivity (Wildman–Crippen MR) is 78.1 cm³/mol. The molecule has 5 nitrogen and oxygen atoms in total. The van der Waals surface area contributed by atoms with Gasteiger partial charge < -0.3 is 15.4 Å². The SMILES string of the molecule is CCCNc1ncnc(NC(C)COCC)c1Br. The fourth-order valence-electron chi connectivity index (χ4n) is 1.41. The molecule has 2 N–H and O–H groups in total. The Morgan fingerprint density at radius 2 is 2.06 bits per heavy atom. The average molecular weight is 317 g/mol. The summed E-state index contributed by atoms with van der Waals surface area (Å²) in [4.78, 5) is 8.44. The van der Waals surface area contributed by atoms with Crippen molar-refractivity contribution in [3.63, 3.8) is 0 Å². The Hall–Kier alpha value is -0.880. The first-order chi connectivity index (χ1) is 8.69. The number of hydrogen-bond donors (Lipinski definition) is 2. The van der Waals surface area contributed by atoms with Crippen LogP contribution in [0.5, 0.6) is 0 Å². The quantitative estimate of drug-likeness (QED) is 0.772. The Morgan fingerprint density at radius 1 is 1.33 bits per heavy atom. The minimum absolute atomic E-state index is 0.204. The van der Waals surface area contributed by atoms with Gasteiger partial charge in [-0.15, -0.1) is 0 Å². The number of hydrogen-bond acceptors (Lipinski definition) is 5. The third-order valence-corrected chi connectivity index (χ3v) is 3.04. The lowest BCUT2D eigenvalue weighted by atomic mass is 10.3. The van der Waals surface area contributed by atoms with Crippen molar-refractivity contribution in [2.24, 2.45) is 0 Å². The van der Waals surface area contributed by atoms with Gasteiger partial charge in [-0.3, -0.25) is 0 Å². The Kier molecular flexibility index (Phi) is 6.97. The molecular weight excluding hydrogens is 296 g/mol. The fraction of sp³-hybridized carbons (Fsp3) is 0.667. The number of ether oxygens (including phenoxy) is 1. The van der Waals surface area contributed by atoms with Gasteiger partial charge in [0.05, 0.1) is 6.61 Å². The second-order valence-corrected chi connectivity index (χ2v) is 4.81. The monoisotopic (exact) mass is 316 g/mol. The molecular formula is C12H21BrN4O. The largest absolute Gasteiger partial charge is 0.380 e. The highest BCUT2D eigenvalue weighted by atomic mass is 79.9. The number of anilines is 2. The van der Waals surface area contributed by atoms with E-state index in [-0.39, 0.29) is 6.04 Å². The highest BCUT2D eigenvalue weighted by Gasteiger charge is 2.10. The summed E-state index contributed by atoms with van der Waals surface area (Å²) in [5, 5.41) is 6.55. The average Bonchev–Trinajstić information content (AvgIpc) is 2.37. The van der Waals surface area contributed by atoms with Crippen LogP contribution in [-0.4, -0.2) is 35.8 Å². The summed E-state index contributed by atoms with van der Waals surface area (Å²) in [5.41, 5.74) is 0. The predicted octanol–water partition coefficient (Wildman–Crippen LogP) is 2.90. The molecule has 0 radical (unpaired) electrons. The maximum absolute atomic E-state index is 5.37. The van der Waals surface area contributed by atoms with Crippen LogP contribution in [-0.2, 0) is 4.74 Å². The zero-order valence-electron chi connectivity index (χ0n) is 11.2. The van der Waals surface area contributed by atoms with Crippen molar-refractivity contribution in [1.82, 2.24) is 9.97 Å². The number of halogens is 1. The molecule has 1 aromatic heterocycles. The molecule has 6 heteroatoms. The van der Waals surface area contributed by atoms with Gasteiger partial charge in [-0.2, -0.15) is 0 Å². The van der Waals surface area contributed by atoms with Crippen LogP contribution >= 0.6 is 15.9 Å². The summed E-state index contributed by atoms with van der Waals surface area (Å²) in [5.74, 6) is 1.61. The van der Waals surface area contributed by atoms with Crippen LogP contribution in [0.2, 0.25) is 0 Å². The molecule has 102 valence electrons. The minimum Gasteiger partial charge on any atom is -0.380 e. The van der Waals surface area contributed by atoms with E-state index in [1.807, 2.05) is 6.92 Å².